The number of carbonyl (C=O) groups is 1. The van der Waals surface area contributed by atoms with E-state index in [1.807, 2.05) is 55.5 Å². The molecule has 1 aromatic carbocycles. The predicted octanol–water partition coefficient (Wildman–Crippen LogP) is 3.75. The summed E-state index contributed by atoms with van der Waals surface area (Å²) in [6.45, 7) is 4.98. The van der Waals surface area contributed by atoms with Gasteiger partial charge in [-0.15, -0.1) is 0 Å². The Kier molecular flexibility index (Phi) is 4.69. The zero-order valence-corrected chi connectivity index (χ0v) is 19.0. The maximum absolute atomic E-state index is 13.1. The van der Waals surface area contributed by atoms with Crippen molar-refractivity contribution in [2.75, 3.05) is 38.3 Å². The van der Waals surface area contributed by atoms with Crippen LogP contribution in [-0.2, 0) is 10.2 Å². The minimum atomic E-state index is -0.0586. The van der Waals surface area contributed by atoms with E-state index in [1.54, 1.807) is 6.20 Å². The zero-order valence-electron chi connectivity index (χ0n) is 19.0. The summed E-state index contributed by atoms with van der Waals surface area (Å²) in [5.41, 5.74) is 5.76. The van der Waals surface area contributed by atoms with Gasteiger partial charge in [-0.2, -0.15) is 0 Å². The summed E-state index contributed by atoms with van der Waals surface area (Å²) >= 11 is 0. The van der Waals surface area contributed by atoms with Gasteiger partial charge >= 0.3 is 0 Å². The Morgan fingerprint density at radius 2 is 1.94 bits per heavy atom. The molecule has 168 valence electrons. The van der Waals surface area contributed by atoms with Crippen LogP contribution in [0.25, 0.3) is 11.3 Å². The lowest BCUT2D eigenvalue weighted by Gasteiger charge is -2.38. The first-order chi connectivity index (χ1) is 16.0. The van der Waals surface area contributed by atoms with Crippen LogP contribution in [0.1, 0.15) is 34.3 Å². The van der Waals surface area contributed by atoms with E-state index in [2.05, 4.69) is 25.9 Å². The van der Waals surface area contributed by atoms with Crippen LogP contribution in [0.3, 0.4) is 0 Å². The molecule has 1 aliphatic carbocycles. The van der Waals surface area contributed by atoms with E-state index in [4.69, 9.17) is 4.74 Å². The smallest absolute Gasteiger partial charge is 0.253 e. The maximum Gasteiger partial charge on any atom is 0.253 e. The van der Waals surface area contributed by atoms with E-state index < -0.39 is 0 Å². The van der Waals surface area contributed by atoms with Gasteiger partial charge in [0.05, 0.1) is 24.3 Å². The van der Waals surface area contributed by atoms with Crippen molar-refractivity contribution in [3.63, 3.8) is 0 Å². The van der Waals surface area contributed by atoms with Gasteiger partial charge in [0.2, 0.25) is 5.95 Å². The van der Waals surface area contributed by atoms with Crippen LogP contribution < -0.4 is 4.90 Å². The van der Waals surface area contributed by atoms with Gasteiger partial charge in [0, 0.05) is 55.5 Å². The number of fused-ring (bicyclic) bond motifs is 2. The summed E-state index contributed by atoms with van der Waals surface area (Å²) in [5, 5.41) is 0. The lowest BCUT2D eigenvalue weighted by Crippen LogP contribution is -2.49. The first-order valence-corrected chi connectivity index (χ1v) is 11.5. The molecule has 0 radical (unpaired) electrons. The van der Waals surface area contributed by atoms with Gasteiger partial charge in [-0.05, 0) is 61.1 Å². The summed E-state index contributed by atoms with van der Waals surface area (Å²) in [4.78, 5) is 30.9. The third kappa shape index (κ3) is 3.56. The highest BCUT2D eigenvalue weighted by Gasteiger charge is 2.49. The number of rotatable bonds is 5. The van der Waals surface area contributed by atoms with Crippen LogP contribution in [-0.4, -0.2) is 59.1 Å². The molecule has 0 N–H and O–H groups in total. The van der Waals surface area contributed by atoms with Crippen molar-refractivity contribution in [2.24, 2.45) is 5.92 Å². The average Bonchev–Trinajstić information content (AvgIpc) is 3.55. The molecule has 2 aromatic heterocycles. The van der Waals surface area contributed by atoms with Crippen molar-refractivity contribution in [2.45, 2.75) is 25.2 Å². The molecule has 0 atom stereocenters. The maximum atomic E-state index is 13.1. The number of benzene rings is 1. The number of carbonyl (C=O) groups excluding carboxylic acids is 1. The van der Waals surface area contributed by atoms with Crippen LogP contribution >= 0.6 is 0 Å². The van der Waals surface area contributed by atoms with Crippen molar-refractivity contribution >= 4 is 17.5 Å². The second-order valence-electron chi connectivity index (χ2n) is 9.71. The Bertz CT molecular complexity index is 1220. The Hall–Kier alpha value is -3.32. The number of anilines is 2. The molecular formula is C26H27N5O2. The molecule has 0 bridgehead atoms. The highest BCUT2D eigenvalue weighted by atomic mass is 16.5. The number of nitrogens with zero attached hydrogens (tertiary/aromatic N) is 5. The molecule has 2 fully saturated rings. The number of hydrogen-bond acceptors (Lipinski definition) is 6. The molecule has 1 saturated heterocycles. The molecule has 3 aliphatic rings. The van der Waals surface area contributed by atoms with Crippen LogP contribution in [0.15, 0.2) is 48.9 Å². The van der Waals surface area contributed by atoms with Crippen LogP contribution in [0.4, 0.5) is 11.6 Å². The average molecular weight is 442 g/mol. The fraction of sp³-hybridized carbons (Fsp3) is 0.385. The van der Waals surface area contributed by atoms with Crippen LogP contribution in [0, 0.1) is 12.8 Å². The third-order valence-corrected chi connectivity index (χ3v) is 6.99. The van der Waals surface area contributed by atoms with E-state index in [9.17, 15) is 4.79 Å². The molecule has 33 heavy (non-hydrogen) atoms. The number of ether oxygens (including phenoxy) is 1. The second-order valence-corrected chi connectivity index (χ2v) is 9.71. The standard InChI is InChI=1S/C26H27N5O2/c1-17-7-8-27-22(9-17)20-11-28-25(29-12-20)31-14-26(15-33-16-26)21-6-5-19(10-23(21)31)24(32)30(2)13-18-3-4-18/h5-12,18H,3-4,13-16H2,1-2H3. The molecule has 1 saturated carbocycles. The van der Waals surface area contributed by atoms with Gasteiger partial charge in [0.1, 0.15) is 0 Å². The third-order valence-electron chi connectivity index (χ3n) is 6.99. The number of aromatic nitrogens is 3. The minimum Gasteiger partial charge on any atom is -0.379 e. The van der Waals surface area contributed by atoms with Gasteiger partial charge in [-0.3, -0.25) is 9.78 Å². The van der Waals surface area contributed by atoms with Crippen molar-refractivity contribution in [3.8, 4) is 11.3 Å². The Balaban J connectivity index is 1.32. The van der Waals surface area contributed by atoms with Crippen LogP contribution in [0.5, 0.6) is 0 Å². The molecule has 4 heterocycles. The molecular weight excluding hydrogens is 414 g/mol. The minimum absolute atomic E-state index is 0.0586. The summed E-state index contributed by atoms with van der Waals surface area (Å²) in [6, 6.07) is 10.1. The molecule has 2 aliphatic heterocycles. The highest BCUT2D eigenvalue weighted by Crippen LogP contribution is 2.48. The van der Waals surface area contributed by atoms with Crippen molar-refractivity contribution < 1.29 is 9.53 Å². The van der Waals surface area contributed by atoms with Crippen LogP contribution in [0.2, 0.25) is 0 Å². The largest absolute Gasteiger partial charge is 0.379 e. The summed E-state index contributed by atoms with van der Waals surface area (Å²) in [7, 11) is 1.90. The van der Waals surface area contributed by atoms with Gasteiger partial charge in [0.25, 0.3) is 5.91 Å². The summed E-state index contributed by atoms with van der Waals surface area (Å²) < 4.78 is 5.60. The molecule has 1 amide bonds. The number of amides is 1. The lowest BCUT2D eigenvalue weighted by molar-refractivity contribution is -0.0507. The van der Waals surface area contributed by atoms with E-state index in [0.717, 1.165) is 35.6 Å². The molecule has 6 rings (SSSR count). The van der Waals surface area contributed by atoms with Gasteiger partial charge in [0.15, 0.2) is 0 Å². The van der Waals surface area contributed by atoms with Gasteiger partial charge in [-0.25, -0.2) is 9.97 Å². The van der Waals surface area contributed by atoms with E-state index >= 15 is 0 Å². The molecule has 3 aromatic rings. The number of hydrogen-bond donors (Lipinski definition) is 0. The van der Waals surface area contributed by atoms with E-state index in [0.29, 0.717) is 30.6 Å². The number of aryl methyl sites for hydroxylation is 1. The van der Waals surface area contributed by atoms with Crippen molar-refractivity contribution in [1.82, 2.24) is 19.9 Å². The second kappa shape index (κ2) is 7.63. The van der Waals surface area contributed by atoms with E-state index in [-0.39, 0.29) is 11.3 Å². The van der Waals surface area contributed by atoms with Crippen molar-refractivity contribution in [1.29, 1.82) is 0 Å². The first kappa shape index (κ1) is 20.3. The molecule has 7 nitrogen and oxygen atoms in total. The zero-order chi connectivity index (χ0) is 22.6. The Morgan fingerprint density at radius 3 is 2.61 bits per heavy atom. The Labute approximate surface area is 193 Å². The molecule has 1 spiro atoms. The topological polar surface area (TPSA) is 71.5 Å². The molecule has 7 heteroatoms. The number of pyridine rings is 1. The van der Waals surface area contributed by atoms with Gasteiger partial charge < -0.3 is 14.5 Å². The Morgan fingerprint density at radius 1 is 1.15 bits per heavy atom. The van der Waals surface area contributed by atoms with Crippen molar-refractivity contribution in [3.05, 3.63) is 65.6 Å². The fourth-order valence-corrected chi connectivity index (χ4v) is 4.86. The normalized spacial score (nSPS) is 18.2. The monoisotopic (exact) mass is 441 g/mol. The SMILES string of the molecule is Cc1ccnc(-c2cnc(N3CC4(COC4)c4ccc(C(=O)N(C)CC5CC5)cc43)nc2)c1. The highest BCUT2D eigenvalue weighted by molar-refractivity contribution is 5.96. The quantitative estimate of drug-likeness (QED) is 0.601. The summed E-state index contributed by atoms with van der Waals surface area (Å²) in [5.74, 6) is 1.36. The summed E-state index contributed by atoms with van der Waals surface area (Å²) in [6.07, 6.45) is 7.90. The van der Waals surface area contributed by atoms with E-state index in [1.165, 1.54) is 18.4 Å². The predicted molar refractivity (Wildman–Crippen MR) is 126 cm³/mol. The molecule has 0 unspecified atom stereocenters. The lowest BCUT2D eigenvalue weighted by atomic mass is 9.80. The first-order valence-electron chi connectivity index (χ1n) is 11.5. The fourth-order valence-electron chi connectivity index (χ4n) is 4.86. The van der Waals surface area contributed by atoms with Gasteiger partial charge in [-0.1, -0.05) is 6.07 Å².